The first-order valence-corrected chi connectivity index (χ1v) is 7.14. The molecule has 1 heterocycles. The first-order valence-electron chi connectivity index (χ1n) is 7.14. The van der Waals surface area contributed by atoms with Gasteiger partial charge in [-0.2, -0.15) is 13.2 Å². The number of aliphatic carboxylic acids is 1. The minimum Gasteiger partial charge on any atom is -0.481 e. The van der Waals surface area contributed by atoms with E-state index in [1.54, 1.807) is 13.8 Å². The molecule has 6 nitrogen and oxygen atoms in total. The molecule has 9 heteroatoms. The third-order valence-electron chi connectivity index (χ3n) is 3.01. The summed E-state index contributed by atoms with van der Waals surface area (Å²) in [5, 5.41) is 11.3. The number of carboxylic acids is 1. The third kappa shape index (κ3) is 7.30. The predicted octanol–water partition coefficient (Wildman–Crippen LogP) is 2.49. The molecule has 0 saturated carbocycles. The van der Waals surface area contributed by atoms with E-state index in [9.17, 15) is 22.8 Å². The number of alkyl halides is 3. The molecule has 0 bridgehead atoms. The molecule has 0 aromatic carbocycles. The SMILES string of the molecule is CC(C)(CC(=O)O)CC(=O)NCCOc1ccc(C(F)(F)F)cn1. The fourth-order valence-electron chi connectivity index (χ4n) is 1.95. The predicted molar refractivity (Wildman–Crippen MR) is 78.4 cm³/mol. The number of aromatic nitrogens is 1. The number of pyridine rings is 1. The smallest absolute Gasteiger partial charge is 0.417 e. The van der Waals surface area contributed by atoms with Gasteiger partial charge in [-0.1, -0.05) is 13.8 Å². The Balaban J connectivity index is 2.33. The molecular formula is C15H19F3N2O4. The number of rotatable bonds is 8. The molecule has 0 saturated heterocycles. The van der Waals surface area contributed by atoms with Gasteiger partial charge in [0.05, 0.1) is 18.5 Å². The van der Waals surface area contributed by atoms with Gasteiger partial charge in [-0.15, -0.1) is 0 Å². The van der Waals surface area contributed by atoms with Crippen LogP contribution < -0.4 is 10.1 Å². The zero-order valence-corrected chi connectivity index (χ0v) is 13.3. The van der Waals surface area contributed by atoms with Crippen LogP contribution in [0.5, 0.6) is 5.88 Å². The van der Waals surface area contributed by atoms with Crippen molar-refractivity contribution in [3.8, 4) is 5.88 Å². The second-order valence-electron chi connectivity index (χ2n) is 5.99. The van der Waals surface area contributed by atoms with Gasteiger partial charge in [0.25, 0.3) is 0 Å². The van der Waals surface area contributed by atoms with E-state index in [-0.39, 0.29) is 37.8 Å². The highest BCUT2D eigenvalue weighted by atomic mass is 19.4. The van der Waals surface area contributed by atoms with Gasteiger partial charge < -0.3 is 15.2 Å². The highest BCUT2D eigenvalue weighted by molar-refractivity contribution is 5.77. The molecule has 0 fully saturated rings. The maximum absolute atomic E-state index is 12.4. The average Bonchev–Trinajstić information content (AvgIpc) is 2.41. The fourth-order valence-corrected chi connectivity index (χ4v) is 1.95. The number of nitrogens with zero attached hydrogens (tertiary/aromatic N) is 1. The Morgan fingerprint density at radius 3 is 2.42 bits per heavy atom. The molecule has 0 aliphatic carbocycles. The van der Waals surface area contributed by atoms with E-state index in [1.165, 1.54) is 0 Å². The van der Waals surface area contributed by atoms with Gasteiger partial charge in [0.1, 0.15) is 6.61 Å². The second-order valence-corrected chi connectivity index (χ2v) is 5.99. The van der Waals surface area contributed by atoms with Crippen LogP contribution >= 0.6 is 0 Å². The lowest BCUT2D eigenvalue weighted by atomic mass is 9.85. The molecule has 0 radical (unpaired) electrons. The minimum atomic E-state index is -4.46. The van der Waals surface area contributed by atoms with Gasteiger partial charge in [0.2, 0.25) is 11.8 Å². The number of hydrogen-bond donors (Lipinski definition) is 2. The van der Waals surface area contributed by atoms with Crippen molar-refractivity contribution in [2.24, 2.45) is 5.41 Å². The van der Waals surface area contributed by atoms with E-state index in [4.69, 9.17) is 9.84 Å². The lowest BCUT2D eigenvalue weighted by molar-refractivity contribution is -0.140. The highest BCUT2D eigenvalue weighted by Gasteiger charge is 2.30. The van der Waals surface area contributed by atoms with Gasteiger partial charge >= 0.3 is 12.1 Å². The van der Waals surface area contributed by atoms with Crippen molar-refractivity contribution in [1.82, 2.24) is 10.3 Å². The second kappa shape index (κ2) is 7.98. The van der Waals surface area contributed by atoms with E-state index in [2.05, 4.69) is 10.3 Å². The summed E-state index contributed by atoms with van der Waals surface area (Å²) in [5.74, 6) is -1.29. The van der Waals surface area contributed by atoms with Gasteiger partial charge in [0, 0.05) is 18.7 Å². The monoisotopic (exact) mass is 348 g/mol. The maximum Gasteiger partial charge on any atom is 0.417 e. The van der Waals surface area contributed by atoms with E-state index in [1.807, 2.05) is 0 Å². The standard InChI is InChI=1S/C15H19F3N2O4/c1-14(2,8-13(22)23)7-11(21)19-5-6-24-12-4-3-10(9-20-12)15(16,17)18/h3-4,9H,5-8H2,1-2H3,(H,19,21)(H,22,23). The van der Waals surface area contributed by atoms with Crippen LogP contribution in [0, 0.1) is 5.41 Å². The van der Waals surface area contributed by atoms with Crippen molar-refractivity contribution in [3.05, 3.63) is 23.9 Å². The third-order valence-corrected chi connectivity index (χ3v) is 3.01. The molecule has 0 atom stereocenters. The zero-order valence-electron chi connectivity index (χ0n) is 13.3. The highest BCUT2D eigenvalue weighted by Crippen LogP contribution is 2.29. The summed E-state index contributed by atoms with van der Waals surface area (Å²) in [6, 6.07) is 1.95. The molecule has 1 amide bonds. The van der Waals surface area contributed by atoms with Gasteiger partial charge in [-0.25, -0.2) is 4.98 Å². The Morgan fingerprint density at radius 2 is 1.92 bits per heavy atom. The number of carbonyl (C=O) groups is 2. The van der Waals surface area contributed by atoms with E-state index < -0.39 is 23.1 Å². The summed E-state index contributed by atoms with van der Waals surface area (Å²) in [6.45, 7) is 3.50. The van der Waals surface area contributed by atoms with Crippen molar-refractivity contribution >= 4 is 11.9 Å². The first kappa shape index (κ1) is 19.7. The summed E-state index contributed by atoms with van der Waals surface area (Å²) in [6.07, 6.45) is -3.88. The van der Waals surface area contributed by atoms with Gasteiger partial charge in [-0.05, 0) is 11.5 Å². The van der Waals surface area contributed by atoms with Crippen LogP contribution in [0.25, 0.3) is 0 Å². The largest absolute Gasteiger partial charge is 0.481 e. The molecule has 24 heavy (non-hydrogen) atoms. The van der Waals surface area contributed by atoms with E-state index >= 15 is 0 Å². The summed E-state index contributed by atoms with van der Waals surface area (Å²) in [4.78, 5) is 25.9. The van der Waals surface area contributed by atoms with Gasteiger partial charge in [-0.3, -0.25) is 9.59 Å². The summed E-state index contributed by atoms with van der Waals surface area (Å²) in [7, 11) is 0. The molecule has 0 aliphatic rings. The van der Waals surface area contributed by atoms with Crippen LogP contribution in [0.2, 0.25) is 0 Å². The topological polar surface area (TPSA) is 88.5 Å². The number of carbonyl (C=O) groups excluding carboxylic acids is 1. The Bertz CT molecular complexity index is 571. The Kier molecular flexibility index (Phi) is 6.56. The molecule has 1 aromatic rings. The van der Waals surface area contributed by atoms with E-state index in [0.717, 1.165) is 12.1 Å². The molecule has 1 rings (SSSR count). The Labute approximate surface area is 137 Å². The molecule has 134 valence electrons. The average molecular weight is 348 g/mol. The first-order chi connectivity index (χ1) is 11.0. The van der Waals surface area contributed by atoms with Crippen molar-refractivity contribution in [2.45, 2.75) is 32.9 Å². The van der Waals surface area contributed by atoms with Crippen LogP contribution in [-0.4, -0.2) is 35.1 Å². The summed E-state index contributed by atoms with van der Waals surface area (Å²) >= 11 is 0. The van der Waals surface area contributed by atoms with Crippen LogP contribution in [0.15, 0.2) is 18.3 Å². The van der Waals surface area contributed by atoms with Gasteiger partial charge in [0.15, 0.2) is 0 Å². The Morgan fingerprint density at radius 1 is 1.25 bits per heavy atom. The Hall–Kier alpha value is -2.32. The number of carboxylic acid groups (broad SMARTS) is 1. The normalized spacial score (nSPS) is 11.9. The maximum atomic E-state index is 12.4. The molecule has 1 aromatic heterocycles. The fraction of sp³-hybridized carbons (Fsp3) is 0.533. The molecule has 0 spiro atoms. The quantitative estimate of drug-likeness (QED) is 0.705. The zero-order chi connectivity index (χ0) is 18.4. The lowest BCUT2D eigenvalue weighted by Crippen LogP contribution is -2.32. The van der Waals surface area contributed by atoms with Crippen LogP contribution in [-0.2, 0) is 15.8 Å². The molecular weight excluding hydrogens is 329 g/mol. The van der Waals surface area contributed by atoms with Crippen LogP contribution in [0.3, 0.4) is 0 Å². The van der Waals surface area contributed by atoms with Crippen LogP contribution in [0.4, 0.5) is 13.2 Å². The van der Waals surface area contributed by atoms with Crippen LogP contribution in [0.1, 0.15) is 32.3 Å². The van der Waals surface area contributed by atoms with Crippen molar-refractivity contribution in [2.75, 3.05) is 13.2 Å². The number of halogens is 3. The van der Waals surface area contributed by atoms with Crippen molar-refractivity contribution in [3.63, 3.8) is 0 Å². The number of amides is 1. The molecule has 2 N–H and O–H groups in total. The molecule has 0 aliphatic heterocycles. The number of nitrogens with one attached hydrogen (secondary N) is 1. The summed E-state index contributed by atoms with van der Waals surface area (Å²) in [5.41, 5.74) is -1.55. The lowest BCUT2D eigenvalue weighted by Gasteiger charge is -2.21. The van der Waals surface area contributed by atoms with E-state index in [0.29, 0.717) is 6.20 Å². The van der Waals surface area contributed by atoms with Crippen molar-refractivity contribution in [1.29, 1.82) is 0 Å². The number of ether oxygens (including phenoxy) is 1. The van der Waals surface area contributed by atoms with Crippen molar-refractivity contribution < 1.29 is 32.6 Å². The summed E-state index contributed by atoms with van der Waals surface area (Å²) < 4.78 is 42.2. The minimum absolute atomic E-state index is 0.0171. The molecule has 0 unspecified atom stereocenters. The number of hydrogen-bond acceptors (Lipinski definition) is 4.